The summed E-state index contributed by atoms with van der Waals surface area (Å²) < 4.78 is 0. The summed E-state index contributed by atoms with van der Waals surface area (Å²) in [6.07, 6.45) is 5.24. The van der Waals surface area contributed by atoms with Gasteiger partial charge in [0.1, 0.15) is 0 Å². The zero-order valence-electron chi connectivity index (χ0n) is 8.03. The fraction of sp³-hybridized carbons (Fsp3) is 0.100. The van der Waals surface area contributed by atoms with Crippen molar-refractivity contribution in [2.45, 2.75) is 6.42 Å². The van der Waals surface area contributed by atoms with Crippen LogP contribution in [0.5, 0.6) is 0 Å². The number of hydrogen-bond acceptors (Lipinski definition) is 4. The predicted molar refractivity (Wildman–Crippen MR) is 56.1 cm³/mol. The minimum absolute atomic E-state index is 0.241. The summed E-state index contributed by atoms with van der Waals surface area (Å²) in [4.78, 5) is 21.7. The molecule has 0 spiro atoms. The second kappa shape index (κ2) is 3.53. The molecule has 0 unspecified atom stereocenters. The molecule has 0 fully saturated rings. The first-order valence-corrected chi connectivity index (χ1v) is 4.44. The summed E-state index contributed by atoms with van der Waals surface area (Å²) in [7, 11) is 0. The Kier molecular flexibility index (Phi) is 2.21. The van der Waals surface area contributed by atoms with Gasteiger partial charge in [0.05, 0.1) is 11.5 Å². The van der Waals surface area contributed by atoms with Gasteiger partial charge in [-0.1, -0.05) is 12.7 Å². The van der Waals surface area contributed by atoms with Gasteiger partial charge in [-0.05, 0) is 12.0 Å². The standard InChI is InChI=1S/C10H10N4O/c1-6(11)7-2-3-8-10(12-4-7)13-5-9(15)14-8/h3-5H,1-2,11H2,(H,14,15). The van der Waals surface area contributed by atoms with Crippen molar-refractivity contribution in [1.29, 1.82) is 0 Å². The maximum atomic E-state index is 11.0. The number of nitrogens with one attached hydrogen (secondary N) is 1. The van der Waals surface area contributed by atoms with E-state index in [2.05, 4.69) is 21.5 Å². The van der Waals surface area contributed by atoms with Crippen molar-refractivity contribution in [3.05, 3.63) is 51.4 Å². The van der Waals surface area contributed by atoms with E-state index in [1.54, 1.807) is 6.20 Å². The lowest BCUT2D eigenvalue weighted by molar-refractivity contribution is 1.00. The molecule has 76 valence electrons. The number of aromatic nitrogens is 2. The SMILES string of the molecule is C=C(N)C1=CN=c2ncc(=O)[nH]c2=CC1. The number of rotatable bonds is 1. The fourth-order valence-corrected chi connectivity index (χ4v) is 1.27. The van der Waals surface area contributed by atoms with Gasteiger partial charge >= 0.3 is 0 Å². The van der Waals surface area contributed by atoms with Gasteiger partial charge in [-0.25, -0.2) is 9.98 Å². The highest BCUT2D eigenvalue weighted by atomic mass is 16.1. The van der Waals surface area contributed by atoms with Crippen molar-refractivity contribution in [3.63, 3.8) is 0 Å². The summed E-state index contributed by atoms with van der Waals surface area (Å²) in [5.74, 6) is 0. The third-order valence-corrected chi connectivity index (χ3v) is 2.08. The highest BCUT2D eigenvalue weighted by Crippen LogP contribution is 2.08. The molecule has 0 saturated carbocycles. The van der Waals surface area contributed by atoms with Gasteiger partial charge in [-0.2, -0.15) is 0 Å². The van der Waals surface area contributed by atoms with E-state index in [0.717, 1.165) is 5.57 Å². The van der Waals surface area contributed by atoms with Crippen molar-refractivity contribution >= 4 is 6.08 Å². The molecular formula is C10H10N4O. The minimum Gasteiger partial charge on any atom is -0.399 e. The molecule has 1 aromatic rings. The molecule has 5 heteroatoms. The number of aromatic amines is 1. The third kappa shape index (κ3) is 1.85. The van der Waals surface area contributed by atoms with Crippen LogP contribution in [-0.2, 0) is 0 Å². The summed E-state index contributed by atoms with van der Waals surface area (Å²) in [6, 6.07) is 0. The molecule has 1 aromatic heterocycles. The van der Waals surface area contributed by atoms with E-state index in [0.29, 0.717) is 23.0 Å². The van der Waals surface area contributed by atoms with Gasteiger partial charge in [0.2, 0.25) is 0 Å². The van der Waals surface area contributed by atoms with E-state index >= 15 is 0 Å². The predicted octanol–water partition coefficient (Wildman–Crippen LogP) is -1.07. The topological polar surface area (TPSA) is 84.1 Å². The van der Waals surface area contributed by atoms with Crippen LogP contribution in [0.2, 0.25) is 0 Å². The van der Waals surface area contributed by atoms with Crippen LogP contribution in [0, 0.1) is 0 Å². The molecule has 0 saturated heterocycles. The van der Waals surface area contributed by atoms with Crippen LogP contribution in [0.15, 0.2) is 40.0 Å². The van der Waals surface area contributed by atoms with Crippen molar-refractivity contribution in [1.82, 2.24) is 9.97 Å². The Labute approximate surface area is 85.4 Å². The number of hydrogen-bond donors (Lipinski definition) is 2. The zero-order valence-corrected chi connectivity index (χ0v) is 8.03. The molecule has 0 atom stereocenters. The Morgan fingerprint density at radius 1 is 1.60 bits per heavy atom. The lowest BCUT2D eigenvalue weighted by Crippen LogP contribution is -2.36. The summed E-state index contributed by atoms with van der Waals surface area (Å²) >= 11 is 0. The van der Waals surface area contributed by atoms with Crippen LogP contribution in [0.1, 0.15) is 6.42 Å². The highest BCUT2D eigenvalue weighted by molar-refractivity contribution is 5.37. The van der Waals surface area contributed by atoms with E-state index in [1.165, 1.54) is 6.20 Å². The molecule has 2 rings (SSSR count). The lowest BCUT2D eigenvalue weighted by atomic mass is 10.1. The van der Waals surface area contributed by atoms with E-state index < -0.39 is 0 Å². The Morgan fingerprint density at radius 3 is 3.13 bits per heavy atom. The van der Waals surface area contributed by atoms with E-state index in [-0.39, 0.29) is 5.56 Å². The Hall–Kier alpha value is -2.17. The molecule has 1 aliphatic rings. The number of allylic oxidation sites excluding steroid dienone is 1. The van der Waals surface area contributed by atoms with Gasteiger partial charge in [0.15, 0.2) is 5.49 Å². The van der Waals surface area contributed by atoms with Crippen LogP contribution in [0.4, 0.5) is 0 Å². The highest BCUT2D eigenvalue weighted by Gasteiger charge is 2.00. The summed E-state index contributed by atoms with van der Waals surface area (Å²) in [6.45, 7) is 3.64. The summed E-state index contributed by atoms with van der Waals surface area (Å²) in [5.41, 5.74) is 7.12. The van der Waals surface area contributed by atoms with Crippen molar-refractivity contribution in [2.75, 3.05) is 0 Å². The molecular weight excluding hydrogens is 192 g/mol. The number of H-pyrrole nitrogens is 1. The van der Waals surface area contributed by atoms with Crippen molar-refractivity contribution in [3.8, 4) is 0 Å². The molecule has 3 N–H and O–H groups in total. The number of nitrogens with zero attached hydrogens (tertiary/aromatic N) is 2. The largest absolute Gasteiger partial charge is 0.399 e. The van der Waals surface area contributed by atoms with Crippen LogP contribution >= 0.6 is 0 Å². The normalized spacial score (nSPS) is 14.0. The first-order valence-electron chi connectivity index (χ1n) is 4.44. The number of fused-ring (bicyclic) bond motifs is 1. The van der Waals surface area contributed by atoms with Gasteiger partial charge in [0, 0.05) is 11.9 Å². The first-order chi connectivity index (χ1) is 7.16. The quantitative estimate of drug-likeness (QED) is 0.608. The van der Waals surface area contributed by atoms with Gasteiger partial charge in [-0.3, -0.25) is 4.79 Å². The molecule has 0 bridgehead atoms. The van der Waals surface area contributed by atoms with Gasteiger partial charge in [0.25, 0.3) is 5.56 Å². The molecule has 0 aliphatic carbocycles. The summed E-state index contributed by atoms with van der Waals surface area (Å²) in [5, 5.41) is 0.620. The molecule has 15 heavy (non-hydrogen) atoms. The van der Waals surface area contributed by atoms with E-state index in [1.807, 2.05) is 6.08 Å². The molecule has 1 aliphatic heterocycles. The van der Waals surface area contributed by atoms with Crippen LogP contribution in [-0.4, -0.2) is 9.97 Å². The Balaban J connectivity index is 2.63. The molecule has 0 aromatic carbocycles. The van der Waals surface area contributed by atoms with Crippen LogP contribution in [0.3, 0.4) is 0 Å². The monoisotopic (exact) mass is 202 g/mol. The van der Waals surface area contributed by atoms with Crippen LogP contribution in [0.25, 0.3) is 6.08 Å². The van der Waals surface area contributed by atoms with E-state index in [4.69, 9.17) is 5.73 Å². The smallest absolute Gasteiger partial charge is 0.266 e. The average Bonchev–Trinajstić information content (AvgIpc) is 2.39. The molecule has 5 nitrogen and oxygen atoms in total. The lowest BCUT2D eigenvalue weighted by Gasteiger charge is -1.98. The maximum absolute atomic E-state index is 11.0. The van der Waals surface area contributed by atoms with Crippen LogP contribution < -0.4 is 22.1 Å². The molecule has 2 heterocycles. The minimum atomic E-state index is -0.241. The van der Waals surface area contributed by atoms with Crippen molar-refractivity contribution < 1.29 is 0 Å². The third-order valence-electron chi connectivity index (χ3n) is 2.08. The van der Waals surface area contributed by atoms with Gasteiger partial charge < -0.3 is 10.7 Å². The first kappa shape index (κ1) is 9.39. The Bertz CT molecular complexity index is 609. The average molecular weight is 202 g/mol. The Morgan fingerprint density at radius 2 is 2.40 bits per heavy atom. The van der Waals surface area contributed by atoms with E-state index in [9.17, 15) is 4.79 Å². The van der Waals surface area contributed by atoms with Gasteiger partial charge in [-0.15, -0.1) is 0 Å². The van der Waals surface area contributed by atoms with Crippen molar-refractivity contribution in [2.24, 2.45) is 10.7 Å². The molecule has 0 amide bonds. The second-order valence-corrected chi connectivity index (χ2v) is 3.20. The number of nitrogens with two attached hydrogens (primary N) is 1. The molecule has 0 radical (unpaired) electrons. The maximum Gasteiger partial charge on any atom is 0.266 e. The second-order valence-electron chi connectivity index (χ2n) is 3.20. The zero-order chi connectivity index (χ0) is 10.8. The fourth-order valence-electron chi connectivity index (χ4n) is 1.27.